The van der Waals surface area contributed by atoms with Gasteiger partial charge in [-0.2, -0.15) is 0 Å². The number of carbonyl (C=O) groups is 2. The van der Waals surface area contributed by atoms with Gasteiger partial charge in [0.15, 0.2) is 0 Å². The van der Waals surface area contributed by atoms with E-state index in [9.17, 15) is 14.0 Å². The zero-order valence-corrected chi connectivity index (χ0v) is 12.8. The van der Waals surface area contributed by atoms with Crippen molar-refractivity contribution in [1.82, 2.24) is 5.32 Å². The highest BCUT2D eigenvalue weighted by Crippen LogP contribution is 2.32. The zero-order valence-electron chi connectivity index (χ0n) is 12.0. The third kappa shape index (κ3) is 3.05. The number of esters is 1. The largest absolute Gasteiger partial charge is 0.464 e. The number of benzene rings is 1. The number of halogens is 1. The Balaban J connectivity index is 2.26. The van der Waals surface area contributed by atoms with Crippen molar-refractivity contribution in [2.24, 2.45) is 0 Å². The molecule has 2 aromatic rings. The summed E-state index contributed by atoms with van der Waals surface area (Å²) in [7, 11) is 0. The minimum Gasteiger partial charge on any atom is -0.464 e. The number of nitrogens with one attached hydrogen (secondary N) is 1. The van der Waals surface area contributed by atoms with Gasteiger partial charge < -0.3 is 10.1 Å². The number of hydrogen-bond donors (Lipinski definition) is 1. The van der Waals surface area contributed by atoms with Crippen molar-refractivity contribution in [3.63, 3.8) is 0 Å². The SMILES string of the molecule is CCOC(=O)C(C)NC(=O)c1sc2cccc(F)c2c1C. The van der Waals surface area contributed by atoms with Gasteiger partial charge in [-0.3, -0.25) is 4.79 Å². The summed E-state index contributed by atoms with van der Waals surface area (Å²) in [5.74, 6) is -1.23. The van der Waals surface area contributed by atoms with Gasteiger partial charge in [0.25, 0.3) is 5.91 Å². The van der Waals surface area contributed by atoms with Gasteiger partial charge in [-0.05, 0) is 38.5 Å². The van der Waals surface area contributed by atoms with Crippen molar-refractivity contribution >= 4 is 33.3 Å². The third-order valence-electron chi connectivity index (χ3n) is 3.10. The van der Waals surface area contributed by atoms with Crippen LogP contribution in [0.4, 0.5) is 4.39 Å². The van der Waals surface area contributed by atoms with E-state index < -0.39 is 17.9 Å². The van der Waals surface area contributed by atoms with Crippen LogP contribution in [0.15, 0.2) is 18.2 Å². The first kappa shape index (κ1) is 15.4. The topological polar surface area (TPSA) is 55.4 Å². The lowest BCUT2D eigenvalue weighted by Gasteiger charge is -2.12. The number of carbonyl (C=O) groups excluding carboxylic acids is 2. The summed E-state index contributed by atoms with van der Waals surface area (Å²) in [5, 5.41) is 3.03. The molecule has 0 radical (unpaired) electrons. The number of ether oxygens (including phenoxy) is 1. The standard InChI is InChI=1S/C15H16FNO3S/c1-4-20-15(19)9(3)17-14(18)13-8(2)12-10(16)6-5-7-11(12)21-13/h5-7,9H,4H2,1-3H3,(H,17,18). The molecule has 4 nitrogen and oxygen atoms in total. The van der Waals surface area contributed by atoms with Crippen molar-refractivity contribution < 1.29 is 18.7 Å². The van der Waals surface area contributed by atoms with E-state index in [4.69, 9.17) is 4.74 Å². The first-order chi connectivity index (χ1) is 9.95. The Morgan fingerprint density at radius 1 is 1.43 bits per heavy atom. The average Bonchev–Trinajstić information content (AvgIpc) is 2.77. The Morgan fingerprint density at radius 3 is 2.76 bits per heavy atom. The predicted octanol–water partition coefficient (Wildman–Crippen LogP) is 3.03. The molecule has 112 valence electrons. The Kier molecular flexibility index (Phi) is 4.57. The highest BCUT2D eigenvalue weighted by Gasteiger charge is 2.22. The molecule has 1 aromatic carbocycles. The van der Waals surface area contributed by atoms with Gasteiger partial charge >= 0.3 is 5.97 Å². The maximum atomic E-state index is 13.8. The lowest BCUT2D eigenvalue weighted by Crippen LogP contribution is -2.39. The molecule has 0 saturated carbocycles. The molecular weight excluding hydrogens is 293 g/mol. The van der Waals surface area contributed by atoms with Gasteiger partial charge in [0.1, 0.15) is 11.9 Å². The number of amides is 1. The molecule has 21 heavy (non-hydrogen) atoms. The second-order valence-corrected chi connectivity index (χ2v) is 5.67. The summed E-state index contributed by atoms with van der Waals surface area (Å²) in [6.45, 7) is 5.21. The van der Waals surface area contributed by atoms with Gasteiger partial charge in [-0.25, -0.2) is 9.18 Å². The van der Waals surface area contributed by atoms with Crippen molar-refractivity contribution in [1.29, 1.82) is 0 Å². The molecule has 1 N–H and O–H groups in total. The van der Waals surface area contributed by atoms with E-state index in [-0.39, 0.29) is 12.4 Å². The Bertz CT molecular complexity index is 696. The molecule has 0 spiro atoms. The molecule has 6 heteroatoms. The fourth-order valence-electron chi connectivity index (χ4n) is 2.06. The van der Waals surface area contributed by atoms with Crippen LogP contribution in [0.25, 0.3) is 10.1 Å². The summed E-state index contributed by atoms with van der Waals surface area (Å²) < 4.78 is 19.4. The average molecular weight is 309 g/mol. The number of fused-ring (bicyclic) bond motifs is 1. The van der Waals surface area contributed by atoms with E-state index in [1.807, 2.05) is 0 Å². The van der Waals surface area contributed by atoms with Crippen molar-refractivity contribution in [3.8, 4) is 0 Å². The second kappa shape index (κ2) is 6.22. The minimum absolute atomic E-state index is 0.256. The van der Waals surface area contributed by atoms with E-state index in [2.05, 4.69) is 5.32 Å². The molecule has 0 fully saturated rings. The summed E-state index contributed by atoms with van der Waals surface area (Å²) in [6.07, 6.45) is 0. The van der Waals surface area contributed by atoms with Gasteiger partial charge in [-0.15, -0.1) is 11.3 Å². The molecule has 2 rings (SSSR count). The molecule has 1 atom stereocenters. The van der Waals surface area contributed by atoms with Gasteiger partial charge in [0, 0.05) is 10.1 Å². The molecular formula is C15H16FNO3S. The highest BCUT2D eigenvalue weighted by atomic mass is 32.1. The highest BCUT2D eigenvalue weighted by molar-refractivity contribution is 7.21. The van der Waals surface area contributed by atoms with E-state index >= 15 is 0 Å². The van der Waals surface area contributed by atoms with Crippen molar-refractivity contribution in [3.05, 3.63) is 34.5 Å². The molecule has 1 aromatic heterocycles. The van der Waals surface area contributed by atoms with Crippen LogP contribution in [0, 0.1) is 12.7 Å². The normalized spacial score (nSPS) is 12.2. The minimum atomic E-state index is -0.744. The number of aryl methyl sites for hydroxylation is 1. The van der Waals surface area contributed by atoms with Gasteiger partial charge in [-0.1, -0.05) is 6.07 Å². The summed E-state index contributed by atoms with van der Waals surface area (Å²) >= 11 is 1.21. The van der Waals surface area contributed by atoms with Gasteiger partial charge in [0.2, 0.25) is 0 Å². The Labute approximate surface area is 125 Å². The number of rotatable bonds is 4. The van der Waals surface area contributed by atoms with Crippen LogP contribution in [0.1, 0.15) is 29.1 Å². The van der Waals surface area contributed by atoms with Crippen LogP contribution >= 0.6 is 11.3 Å². The van der Waals surface area contributed by atoms with E-state index in [0.717, 1.165) is 0 Å². The molecule has 0 bridgehead atoms. The van der Waals surface area contributed by atoms with Crippen LogP contribution in [-0.2, 0) is 9.53 Å². The molecule has 1 amide bonds. The lowest BCUT2D eigenvalue weighted by atomic mass is 10.1. The predicted molar refractivity (Wildman–Crippen MR) is 80.1 cm³/mol. The Morgan fingerprint density at radius 2 is 2.14 bits per heavy atom. The number of thiophene rings is 1. The fourth-order valence-corrected chi connectivity index (χ4v) is 3.18. The van der Waals surface area contributed by atoms with Crippen LogP contribution in [-0.4, -0.2) is 24.5 Å². The smallest absolute Gasteiger partial charge is 0.328 e. The second-order valence-electron chi connectivity index (χ2n) is 4.62. The maximum absolute atomic E-state index is 13.8. The molecule has 1 unspecified atom stereocenters. The molecule has 0 saturated heterocycles. The van der Waals surface area contributed by atoms with Crippen molar-refractivity contribution in [2.75, 3.05) is 6.61 Å². The molecule has 0 aliphatic rings. The van der Waals surface area contributed by atoms with Crippen LogP contribution in [0.5, 0.6) is 0 Å². The monoisotopic (exact) mass is 309 g/mol. The number of hydrogen-bond acceptors (Lipinski definition) is 4. The molecule has 1 heterocycles. The van der Waals surface area contributed by atoms with Crippen LogP contribution in [0.3, 0.4) is 0 Å². The van der Waals surface area contributed by atoms with E-state index in [1.54, 1.807) is 32.9 Å². The van der Waals surface area contributed by atoms with Crippen molar-refractivity contribution in [2.45, 2.75) is 26.8 Å². The molecule has 0 aliphatic heterocycles. The first-order valence-electron chi connectivity index (χ1n) is 6.60. The molecule has 0 aliphatic carbocycles. The summed E-state index contributed by atoms with van der Waals surface area (Å²) in [4.78, 5) is 24.2. The van der Waals surface area contributed by atoms with Gasteiger partial charge in [0.05, 0.1) is 11.5 Å². The lowest BCUT2D eigenvalue weighted by molar-refractivity contribution is -0.144. The summed E-state index contributed by atoms with van der Waals surface area (Å²) in [6, 6.07) is 4.00. The fraction of sp³-hybridized carbons (Fsp3) is 0.333. The Hall–Kier alpha value is -1.95. The van der Waals surface area contributed by atoms with E-state index in [1.165, 1.54) is 17.4 Å². The zero-order chi connectivity index (χ0) is 15.6. The maximum Gasteiger partial charge on any atom is 0.328 e. The quantitative estimate of drug-likeness (QED) is 0.883. The first-order valence-corrected chi connectivity index (χ1v) is 7.42. The van der Waals surface area contributed by atoms with Crippen LogP contribution < -0.4 is 5.32 Å². The third-order valence-corrected chi connectivity index (χ3v) is 4.35. The summed E-state index contributed by atoms with van der Waals surface area (Å²) in [5.41, 5.74) is 0.585. The van der Waals surface area contributed by atoms with E-state index in [0.29, 0.717) is 20.5 Å². The van der Waals surface area contributed by atoms with Crippen LogP contribution in [0.2, 0.25) is 0 Å².